The highest BCUT2D eigenvalue weighted by atomic mass is 35.5. The smallest absolute Gasteiger partial charge is 0.240 e. The van der Waals surface area contributed by atoms with Gasteiger partial charge in [0.2, 0.25) is 17.2 Å². The Balaban J connectivity index is 1.73. The Labute approximate surface area is 173 Å². The molecule has 0 fully saturated rings. The minimum atomic E-state index is 0.0999. The first-order valence-electron chi connectivity index (χ1n) is 8.96. The highest BCUT2D eigenvalue weighted by Gasteiger charge is 2.17. The molecule has 0 atom stereocenters. The van der Waals surface area contributed by atoms with Gasteiger partial charge in [-0.05, 0) is 60.1 Å². The number of hydrogen-bond acceptors (Lipinski definition) is 6. The molecule has 0 radical (unpaired) electrons. The van der Waals surface area contributed by atoms with Gasteiger partial charge in [0.15, 0.2) is 0 Å². The second kappa shape index (κ2) is 8.58. The Morgan fingerprint density at radius 2 is 1.34 bits per heavy atom. The highest BCUT2D eigenvalue weighted by Crippen LogP contribution is 2.32. The van der Waals surface area contributed by atoms with Crippen molar-refractivity contribution in [3.63, 3.8) is 0 Å². The molecule has 0 spiro atoms. The van der Waals surface area contributed by atoms with Crippen molar-refractivity contribution in [1.82, 2.24) is 15.0 Å². The SMILES string of the molecule is COc1ccc(Nc2nc(Cl)nc(N(c3ccccc3)c3ccccc3)n2)cc1. The van der Waals surface area contributed by atoms with Gasteiger partial charge < -0.3 is 10.1 Å². The van der Waals surface area contributed by atoms with Gasteiger partial charge in [-0.3, -0.25) is 4.90 Å². The van der Waals surface area contributed by atoms with E-state index in [0.29, 0.717) is 11.9 Å². The zero-order chi connectivity index (χ0) is 20.1. The Morgan fingerprint density at radius 1 is 0.759 bits per heavy atom. The average molecular weight is 404 g/mol. The molecule has 0 aliphatic carbocycles. The van der Waals surface area contributed by atoms with Gasteiger partial charge in [-0.2, -0.15) is 15.0 Å². The summed E-state index contributed by atoms with van der Waals surface area (Å²) >= 11 is 6.23. The molecule has 7 heteroatoms. The third kappa shape index (κ3) is 4.44. The lowest BCUT2D eigenvalue weighted by Gasteiger charge is -2.23. The first kappa shape index (κ1) is 18.7. The second-order valence-corrected chi connectivity index (χ2v) is 6.43. The summed E-state index contributed by atoms with van der Waals surface area (Å²) in [7, 11) is 1.63. The van der Waals surface area contributed by atoms with Crippen LogP contribution in [0.4, 0.5) is 29.0 Å². The van der Waals surface area contributed by atoms with E-state index in [0.717, 1.165) is 22.8 Å². The average Bonchev–Trinajstić information content (AvgIpc) is 2.76. The fourth-order valence-electron chi connectivity index (χ4n) is 2.83. The standard InChI is InChI=1S/C22H18ClN5O/c1-29-19-14-12-16(13-15-19)24-21-25-20(23)26-22(27-21)28(17-8-4-2-5-9-17)18-10-6-3-7-11-18/h2-15H,1H3,(H,24,25,26,27). The molecule has 1 heterocycles. The van der Waals surface area contributed by atoms with Gasteiger partial charge >= 0.3 is 0 Å². The van der Waals surface area contributed by atoms with Crippen molar-refractivity contribution in [2.75, 3.05) is 17.3 Å². The molecule has 3 aromatic carbocycles. The van der Waals surface area contributed by atoms with E-state index in [4.69, 9.17) is 16.3 Å². The van der Waals surface area contributed by atoms with Crippen molar-refractivity contribution in [3.05, 3.63) is 90.2 Å². The Morgan fingerprint density at radius 3 is 1.90 bits per heavy atom. The number of benzene rings is 3. The second-order valence-electron chi connectivity index (χ2n) is 6.09. The number of nitrogens with zero attached hydrogens (tertiary/aromatic N) is 4. The number of methoxy groups -OCH3 is 1. The van der Waals surface area contributed by atoms with E-state index in [1.165, 1.54) is 0 Å². The lowest BCUT2D eigenvalue weighted by Crippen LogP contribution is -2.15. The zero-order valence-corrected chi connectivity index (χ0v) is 16.4. The van der Waals surface area contributed by atoms with Crippen molar-refractivity contribution in [2.45, 2.75) is 0 Å². The van der Waals surface area contributed by atoms with Crippen LogP contribution in [0.3, 0.4) is 0 Å². The Hall–Kier alpha value is -3.64. The van der Waals surface area contributed by atoms with E-state index in [-0.39, 0.29) is 5.28 Å². The van der Waals surface area contributed by atoms with Gasteiger partial charge in [-0.15, -0.1) is 0 Å². The molecule has 0 amide bonds. The van der Waals surface area contributed by atoms with E-state index >= 15 is 0 Å². The molecule has 0 aliphatic rings. The summed E-state index contributed by atoms with van der Waals surface area (Å²) in [6.45, 7) is 0. The maximum Gasteiger partial charge on any atom is 0.240 e. The van der Waals surface area contributed by atoms with Crippen LogP contribution in [-0.2, 0) is 0 Å². The molecular weight excluding hydrogens is 386 g/mol. The number of ether oxygens (including phenoxy) is 1. The highest BCUT2D eigenvalue weighted by molar-refractivity contribution is 6.28. The number of anilines is 5. The van der Waals surface area contributed by atoms with Crippen LogP contribution in [0.25, 0.3) is 0 Å². The first-order valence-corrected chi connectivity index (χ1v) is 9.33. The van der Waals surface area contributed by atoms with Gasteiger partial charge in [0.25, 0.3) is 0 Å². The zero-order valence-electron chi connectivity index (χ0n) is 15.7. The third-order valence-electron chi connectivity index (χ3n) is 4.17. The predicted molar refractivity (Wildman–Crippen MR) is 116 cm³/mol. The molecule has 0 saturated heterocycles. The van der Waals surface area contributed by atoms with E-state index in [9.17, 15) is 0 Å². The molecule has 6 nitrogen and oxygen atoms in total. The van der Waals surface area contributed by atoms with Gasteiger partial charge in [-0.1, -0.05) is 36.4 Å². The van der Waals surface area contributed by atoms with Crippen LogP contribution < -0.4 is 15.0 Å². The van der Waals surface area contributed by atoms with E-state index in [2.05, 4.69) is 20.3 Å². The molecule has 0 unspecified atom stereocenters. The molecule has 0 bridgehead atoms. The van der Waals surface area contributed by atoms with E-state index in [1.807, 2.05) is 89.8 Å². The monoisotopic (exact) mass is 403 g/mol. The minimum absolute atomic E-state index is 0.0999. The maximum atomic E-state index is 6.23. The minimum Gasteiger partial charge on any atom is -0.497 e. The van der Waals surface area contributed by atoms with Crippen LogP contribution in [0.5, 0.6) is 5.75 Å². The van der Waals surface area contributed by atoms with Crippen LogP contribution in [0.15, 0.2) is 84.9 Å². The summed E-state index contributed by atoms with van der Waals surface area (Å²) in [5.41, 5.74) is 2.64. The summed E-state index contributed by atoms with van der Waals surface area (Å²) in [6, 6.07) is 27.2. The molecule has 144 valence electrons. The van der Waals surface area contributed by atoms with Gasteiger partial charge in [0.05, 0.1) is 7.11 Å². The fourth-order valence-corrected chi connectivity index (χ4v) is 2.99. The predicted octanol–water partition coefficient (Wildman–Crippen LogP) is 5.75. The molecule has 0 aliphatic heterocycles. The van der Waals surface area contributed by atoms with Crippen molar-refractivity contribution >= 4 is 40.6 Å². The summed E-state index contributed by atoms with van der Waals surface area (Å²) in [5, 5.41) is 3.27. The number of halogens is 1. The Bertz CT molecular complexity index is 1040. The van der Waals surface area contributed by atoms with E-state index in [1.54, 1.807) is 7.11 Å². The summed E-state index contributed by atoms with van der Waals surface area (Å²) in [4.78, 5) is 15.1. The number of nitrogens with one attached hydrogen (secondary N) is 1. The molecular formula is C22H18ClN5O. The topological polar surface area (TPSA) is 63.2 Å². The number of aromatic nitrogens is 3. The summed E-state index contributed by atoms with van der Waals surface area (Å²) < 4.78 is 5.19. The van der Waals surface area contributed by atoms with Crippen molar-refractivity contribution in [3.8, 4) is 5.75 Å². The third-order valence-corrected chi connectivity index (χ3v) is 4.34. The Kier molecular flexibility index (Phi) is 5.54. The summed E-state index contributed by atoms with van der Waals surface area (Å²) in [6.07, 6.45) is 0. The number of hydrogen-bond donors (Lipinski definition) is 1. The van der Waals surface area contributed by atoms with Crippen LogP contribution >= 0.6 is 11.6 Å². The molecule has 0 saturated carbocycles. The molecule has 4 rings (SSSR count). The van der Waals surface area contributed by atoms with Gasteiger partial charge in [0.1, 0.15) is 5.75 Å². The van der Waals surface area contributed by atoms with Crippen molar-refractivity contribution in [1.29, 1.82) is 0 Å². The maximum absolute atomic E-state index is 6.23. The van der Waals surface area contributed by atoms with Crippen LogP contribution in [0.2, 0.25) is 5.28 Å². The molecule has 4 aromatic rings. The van der Waals surface area contributed by atoms with Crippen molar-refractivity contribution in [2.24, 2.45) is 0 Å². The molecule has 1 N–H and O–H groups in total. The normalized spacial score (nSPS) is 10.4. The lowest BCUT2D eigenvalue weighted by molar-refractivity contribution is 0.415. The van der Waals surface area contributed by atoms with Crippen molar-refractivity contribution < 1.29 is 4.74 Å². The lowest BCUT2D eigenvalue weighted by atomic mass is 10.2. The van der Waals surface area contributed by atoms with Crippen LogP contribution in [0.1, 0.15) is 0 Å². The van der Waals surface area contributed by atoms with E-state index < -0.39 is 0 Å². The molecule has 29 heavy (non-hydrogen) atoms. The fraction of sp³-hybridized carbons (Fsp3) is 0.0455. The largest absolute Gasteiger partial charge is 0.497 e. The first-order chi connectivity index (χ1) is 14.2. The van der Waals surface area contributed by atoms with Crippen LogP contribution in [0, 0.1) is 0 Å². The van der Waals surface area contributed by atoms with Gasteiger partial charge in [0, 0.05) is 17.1 Å². The number of rotatable bonds is 6. The number of para-hydroxylation sites is 2. The quantitative estimate of drug-likeness (QED) is 0.442. The molecule has 1 aromatic heterocycles. The van der Waals surface area contributed by atoms with Gasteiger partial charge in [-0.25, -0.2) is 0 Å². The summed E-state index contributed by atoms with van der Waals surface area (Å²) in [5.74, 6) is 1.53. The van der Waals surface area contributed by atoms with Crippen LogP contribution in [-0.4, -0.2) is 22.1 Å².